The molecular weight excluding hydrogens is 315 g/mol. The molecule has 7 heteroatoms. The van der Waals surface area contributed by atoms with Gasteiger partial charge in [-0.1, -0.05) is 5.16 Å². The summed E-state index contributed by atoms with van der Waals surface area (Å²) < 4.78 is 24.6. The third-order valence-corrected chi connectivity index (χ3v) is 4.29. The maximum absolute atomic E-state index is 13.9. The second kappa shape index (κ2) is 6.60. The predicted octanol–water partition coefficient (Wildman–Crippen LogP) is 2.16. The third-order valence-electron chi connectivity index (χ3n) is 4.29. The quantitative estimate of drug-likeness (QED) is 0.927. The van der Waals surface area contributed by atoms with Gasteiger partial charge in [0, 0.05) is 44.7 Å². The SMILES string of the molecule is CO[C@H]1CN(C(=O)c2ccc(O)cc2F)C[C@H]1Cc1cc(C)no1. The van der Waals surface area contributed by atoms with Gasteiger partial charge in [-0.15, -0.1) is 0 Å². The zero-order chi connectivity index (χ0) is 17.3. The van der Waals surface area contributed by atoms with Crippen molar-refractivity contribution in [3.05, 3.63) is 47.1 Å². The lowest BCUT2D eigenvalue weighted by atomic mass is 10.0. The molecule has 128 valence electrons. The lowest BCUT2D eigenvalue weighted by Gasteiger charge is -2.16. The van der Waals surface area contributed by atoms with Crippen LogP contribution in [0, 0.1) is 18.7 Å². The van der Waals surface area contributed by atoms with Crippen molar-refractivity contribution in [3.63, 3.8) is 0 Å². The molecule has 1 aliphatic heterocycles. The first-order valence-electron chi connectivity index (χ1n) is 7.70. The molecule has 1 saturated heterocycles. The van der Waals surface area contributed by atoms with Crippen LogP contribution in [0.4, 0.5) is 4.39 Å². The minimum atomic E-state index is -0.733. The molecule has 1 amide bonds. The van der Waals surface area contributed by atoms with Gasteiger partial charge in [-0.2, -0.15) is 0 Å². The maximum atomic E-state index is 13.9. The summed E-state index contributed by atoms with van der Waals surface area (Å²) in [6, 6.07) is 5.39. The molecule has 0 saturated carbocycles. The molecule has 0 spiro atoms. The minimum absolute atomic E-state index is 0.0477. The number of carbonyl (C=O) groups excluding carboxylic acids is 1. The molecule has 24 heavy (non-hydrogen) atoms. The van der Waals surface area contributed by atoms with E-state index in [1.807, 2.05) is 13.0 Å². The average Bonchev–Trinajstić information content (AvgIpc) is 3.13. The number of nitrogens with zero attached hydrogens (tertiary/aromatic N) is 2. The fourth-order valence-electron chi connectivity index (χ4n) is 3.09. The molecule has 1 fully saturated rings. The van der Waals surface area contributed by atoms with Crippen molar-refractivity contribution in [3.8, 4) is 5.75 Å². The van der Waals surface area contributed by atoms with Crippen LogP contribution in [0.2, 0.25) is 0 Å². The fourth-order valence-corrected chi connectivity index (χ4v) is 3.09. The van der Waals surface area contributed by atoms with Crippen molar-refractivity contribution in [2.24, 2.45) is 5.92 Å². The summed E-state index contributed by atoms with van der Waals surface area (Å²) >= 11 is 0. The topological polar surface area (TPSA) is 75.8 Å². The number of aromatic hydroxyl groups is 1. The molecule has 6 nitrogen and oxygen atoms in total. The summed E-state index contributed by atoms with van der Waals surface area (Å²) in [5, 5.41) is 13.1. The van der Waals surface area contributed by atoms with Gasteiger partial charge in [0.15, 0.2) is 0 Å². The Morgan fingerprint density at radius 1 is 1.46 bits per heavy atom. The van der Waals surface area contributed by atoms with Gasteiger partial charge in [-0.05, 0) is 19.1 Å². The van der Waals surface area contributed by atoms with Crippen LogP contribution in [0.25, 0.3) is 0 Å². The zero-order valence-corrected chi connectivity index (χ0v) is 13.5. The van der Waals surface area contributed by atoms with Gasteiger partial charge in [-0.25, -0.2) is 4.39 Å². The monoisotopic (exact) mass is 334 g/mol. The molecule has 2 heterocycles. The van der Waals surface area contributed by atoms with E-state index in [2.05, 4.69) is 5.16 Å². The number of rotatable bonds is 4. The molecule has 0 aliphatic carbocycles. The Bertz CT molecular complexity index is 746. The van der Waals surface area contributed by atoms with E-state index < -0.39 is 11.7 Å². The van der Waals surface area contributed by atoms with Gasteiger partial charge >= 0.3 is 0 Å². The molecule has 3 rings (SSSR count). The minimum Gasteiger partial charge on any atom is -0.508 e. The Balaban J connectivity index is 1.74. The Labute approximate surface area is 138 Å². The van der Waals surface area contributed by atoms with Crippen molar-refractivity contribution in [2.45, 2.75) is 19.4 Å². The first kappa shape index (κ1) is 16.4. The van der Waals surface area contributed by atoms with Crippen LogP contribution in [0.5, 0.6) is 5.75 Å². The smallest absolute Gasteiger partial charge is 0.256 e. The Kier molecular flexibility index (Phi) is 4.53. The lowest BCUT2D eigenvalue weighted by Crippen LogP contribution is -2.30. The van der Waals surface area contributed by atoms with Gasteiger partial charge in [-0.3, -0.25) is 4.79 Å². The van der Waals surface area contributed by atoms with E-state index in [0.29, 0.717) is 19.5 Å². The molecule has 1 N–H and O–H groups in total. The number of aromatic nitrogens is 1. The standard InChI is InChI=1S/C17H19FN2O4/c1-10-5-13(24-19-10)6-11-8-20(9-16(11)23-2)17(22)14-4-3-12(21)7-15(14)18/h3-5,7,11,16,21H,6,8-9H2,1-2H3/t11-,16+/m1/s1. The van der Waals surface area contributed by atoms with E-state index in [4.69, 9.17) is 9.26 Å². The molecule has 2 aromatic rings. The molecule has 0 radical (unpaired) electrons. The summed E-state index contributed by atoms with van der Waals surface area (Å²) in [6.07, 6.45) is 0.445. The Morgan fingerprint density at radius 2 is 2.25 bits per heavy atom. The highest BCUT2D eigenvalue weighted by Gasteiger charge is 2.37. The molecule has 2 atom stereocenters. The average molecular weight is 334 g/mol. The maximum Gasteiger partial charge on any atom is 0.256 e. The van der Waals surface area contributed by atoms with Crippen molar-refractivity contribution >= 4 is 5.91 Å². The lowest BCUT2D eigenvalue weighted by molar-refractivity contribution is 0.0670. The summed E-state index contributed by atoms with van der Waals surface area (Å²) in [4.78, 5) is 14.1. The van der Waals surface area contributed by atoms with Crippen molar-refractivity contribution in [1.29, 1.82) is 0 Å². The van der Waals surface area contributed by atoms with Crippen molar-refractivity contribution in [2.75, 3.05) is 20.2 Å². The normalized spacial score (nSPS) is 20.5. The van der Waals surface area contributed by atoms with Crippen molar-refractivity contribution in [1.82, 2.24) is 10.1 Å². The number of likely N-dealkylation sites (tertiary alicyclic amines) is 1. The summed E-state index contributed by atoms with van der Waals surface area (Å²) in [5.41, 5.74) is 0.745. The van der Waals surface area contributed by atoms with E-state index in [0.717, 1.165) is 17.5 Å². The van der Waals surface area contributed by atoms with Crippen LogP contribution >= 0.6 is 0 Å². The van der Waals surface area contributed by atoms with Gasteiger partial charge in [0.05, 0.1) is 17.4 Å². The molecule has 1 aromatic heterocycles. The first-order valence-corrected chi connectivity index (χ1v) is 7.70. The summed E-state index contributed by atoms with van der Waals surface area (Å²) in [7, 11) is 1.60. The molecule has 1 aliphatic rings. The van der Waals surface area contributed by atoms with E-state index in [-0.39, 0.29) is 23.3 Å². The van der Waals surface area contributed by atoms with Gasteiger partial charge in [0.1, 0.15) is 17.3 Å². The van der Waals surface area contributed by atoms with E-state index in [9.17, 15) is 14.3 Å². The zero-order valence-electron chi connectivity index (χ0n) is 13.5. The van der Waals surface area contributed by atoms with Crippen LogP contribution in [0.3, 0.4) is 0 Å². The highest BCUT2D eigenvalue weighted by Crippen LogP contribution is 2.26. The highest BCUT2D eigenvalue weighted by molar-refractivity contribution is 5.94. The van der Waals surface area contributed by atoms with E-state index >= 15 is 0 Å². The number of benzene rings is 1. The number of phenolic OH excluding ortho intramolecular Hbond substituents is 1. The molecule has 0 bridgehead atoms. The first-order chi connectivity index (χ1) is 11.5. The number of halogens is 1. The van der Waals surface area contributed by atoms with E-state index in [1.165, 1.54) is 12.1 Å². The van der Waals surface area contributed by atoms with Gasteiger partial charge < -0.3 is 19.3 Å². The van der Waals surface area contributed by atoms with Crippen LogP contribution in [-0.2, 0) is 11.2 Å². The number of methoxy groups -OCH3 is 1. The number of hydrogen-bond donors (Lipinski definition) is 1. The van der Waals surface area contributed by atoms with Crippen LogP contribution in [0.1, 0.15) is 21.8 Å². The predicted molar refractivity (Wildman–Crippen MR) is 83.2 cm³/mol. The second-order valence-electron chi connectivity index (χ2n) is 6.05. The fraction of sp³-hybridized carbons (Fsp3) is 0.412. The van der Waals surface area contributed by atoms with Crippen LogP contribution in [0.15, 0.2) is 28.8 Å². The number of hydrogen-bond acceptors (Lipinski definition) is 5. The number of ether oxygens (including phenoxy) is 1. The van der Waals surface area contributed by atoms with Gasteiger partial charge in [0.25, 0.3) is 5.91 Å². The number of phenols is 1. The third kappa shape index (κ3) is 3.26. The molecule has 1 aromatic carbocycles. The Hall–Kier alpha value is -2.41. The van der Waals surface area contributed by atoms with Crippen LogP contribution < -0.4 is 0 Å². The summed E-state index contributed by atoms with van der Waals surface area (Å²) in [6.45, 7) is 2.67. The Morgan fingerprint density at radius 3 is 2.88 bits per heavy atom. The number of amides is 1. The highest BCUT2D eigenvalue weighted by atomic mass is 19.1. The van der Waals surface area contributed by atoms with Crippen molar-refractivity contribution < 1.29 is 23.6 Å². The number of carbonyl (C=O) groups is 1. The number of aryl methyl sites for hydroxylation is 1. The van der Waals surface area contributed by atoms with Gasteiger partial charge in [0.2, 0.25) is 0 Å². The second-order valence-corrected chi connectivity index (χ2v) is 6.05. The summed E-state index contributed by atoms with van der Waals surface area (Å²) in [5.74, 6) is -0.566. The molecular formula is C17H19FN2O4. The molecule has 0 unspecified atom stereocenters. The van der Waals surface area contributed by atoms with Crippen LogP contribution in [-0.4, -0.2) is 47.4 Å². The largest absolute Gasteiger partial charge is 0.508 e. The van der Waals surface area contributed by atoms with E-state index in [1.54, 1.807) is 12.0 Å².